The number of ether oxygens (including phenoxy) is 2. The highest BCUT2D eigenvalue weighted by atomic mass is 16.5. The van der Waals surface area contributed by atoms with E-state index in [1.54, 1.807) is 71.4 Å². The molecule has 1 heterocycles. The molecule has 10 nitrogen and oxygen atoms in total. The second-order valence-electron chi connectivity index (χ2n) is 7.72. The molecule has 0 fully saturated rings. The van der Waals surface area contributed by atoms with E-state index in [4.69, 9.17) is 9.47 Å². The number of nitrogens with zero attached hydrogens (tertiary/aromatic N) is 3. The highest BCUT2D eigenvalue weighted by Crippen LogP contribution is 2.18. The summed E-state index contributed by atoms with van der Waals surface area (Å²) in [6.07, 6.45) is 0. The molecule has 10 heteroatoms. The molecule has 0 unspecified atom stereocenters. The summed E-state index contributed by atoms with van der Waals surface area (Å²) < 4.78 is 12.2. The molecule has 0 spiro atoms. The molecule has 4 aromatic rings. The molecule has 1 aromatic heterocycles. The summed E-state index contributed by atoms with van der Waals surface area (Å²) in [6.45, 7) is 4.61. The molecule has 0 aliphatic rings. The fourth-order valence-corrected chi connectivity index (χ4v) is 3.45. The van der Waals surface area contributed by atoms with Crippen LogP contribution in [0, 0.1) is 0 Å². The number of amides is 2. The van der Waals surface area contributed by atoms with Gasteiger partial charge in [-0.05, 0) is 80.6 Å². The van der Waals surface area contributed by atoms with Crippen molar-refractivity contribution in [3.63, 3.8) is 0 Å². The highest BCUT2D eigenvalue weighted by molar-refractivity contribution is 6.04. The van der Waals surface area contributed by atoms with E-state index in [1.807, 2.05) is 13.8 Å². The zero-order valence-electron chi connectivity index (χ0n) is 19.9. The lowest BCUT2D eigenvalue weighted by Crippen LogP contribution is -2.21. The van der Waals surface area contributed by atoms with Crippen LogP contribution in [0.4, 0.5) is 11.4 Å². The van der Waals surface area contributed by atoms with Gasteiger partial charge in [-0.2, -0.15) is 0 Å². The molecule has 0 bridgehead atoms. The Bertz CT molecular complexity index is 1380. The van der Waals surface area contributed by atoms with E-state index in [0.29, 0.717) is 35.6 Å². The van der Waals surface area contributed by atoms with Crippen LogP contribution in [0.1, 0.15) is 34.6 Å². The molecule has 0 aliphatic heterocycles. The first-order valence-electron chi connectivity index (χ1n) is 11.4. The van der Waals surface area contributed by atoms with Gasteiger partial charge < -0.3 is 20.1 Å². The largest absolute Gasteiger partial charge is 0.494 e. The van der Waals surface area contributed by atoms with Gasteiger partial charge in [0.05, 0.1) is 17.7 Å². The van der Waals surface area contributed by atoms with Crippen LogP contribution in [0.15, 0.2) is 66.7 Å². The van der Waals surface area contributed by atoms with Crippen molar-refractivity contribution in [2.75, 3.05) is 23.8 Å². The van der Waals surface area contributed by atoms with Crippen molar-refractivity contribution >= 4 is 40.2 Å². The molecule has 3 aromatic carbocycles. The minimum Gasteiger partial charge on any atom is -0.494 e. The van der Waals surface area contributed by atoms with Crippen LogP contribution in [-0.4, -0.2) is 46.0 Å². The molecule has 0 atom stereocenters. The summed E-state index contributed by atoms with van der Waals surface area (Å²) in [4.78, 5) is 37.0. The van der Waals surface area contributed by atoms with E-state index in [9.17, 15) is 14.4 Å². The number of nitrogens with one attached hydrogen (secondary N) is 2. The standard InChI is InChI=1S/C26H25N5O5/c1-3-31-23-14-7-18(15-22(23)29-30-31)26(34)36-16-24(32)27-19-8-5-17(6-9-19)25(33)28-20-10-12-21(13-11-20)35-4-2/h5-15H,3-4,16H2,1-2H3,(H,27,32)(H,28,33). The van der Waals surface area contributed by atoms with E-state index in [-0.39, 0.29) is 11.5 Å². The number of aryl methyl sites for hydroxylation is 1. The lowest BCUT2D eigenvalue weighted by atomic mass is 10.2. The van der Waals surface area contributed by atoms with E-state index >= 15 is 0 Å². The Balaban J connectivity index is 1.27. The van der Waals surface area contributed by atoms with Crippen LogP contribution in [-0.2, 0) is 16.1 Å². The average molecular weight is 488 g/mol. The van der Waals surface area contributed by atoms with Crippen molar-refractivity contribution in [2.45, 2.75) is 20.4 Å². The maximum atomic E-state index is 12.5. The summed E-state index contributed by atoms with van der Waals surface area (Å²) in [7, 11) is 0. The topological polar surface area (TPSA) is 124 Å². The minimum atomic E-state index is -0.639. The molecule has 2 amide bonds. The Morgan fingerprint density at radius 3 is 2.22 bits per heavy atom. The van der Waals surface area contributed by atoms with Crippen molar-refractivity contribution in [1.29, 1.82) is 0 Å². The lowest BCUT2D eigenvalue weighted by molar-refractivity contribution is -0.119. The van der Waals surface area contributed by atoms with Gasteiger partial charge in [0, 0.05) is 23.5 Å². The first-order chi connectivity index (χ1) is 17.5. The summed E-state index contributed by atoms with van der Waals surface area (Å²) in [6, 6.07) is 18.4. The Labute approximate surface area is 207 Å². The van der Waals surface area contributed by atoms with Gasteiger partial charge in [0.15, 0.2) is 6.61 Å². The smallest absolute Gasteiger partial charge is 0.338 e. The Hall–Kier alpha value is -4.73. The Morgan fingerprint density at radius 1 is 0.861 bits per heavy atom. The third kappa shape index (κ3) is 5.84. The number of hydrogen-bond donors (Lipinski definition) is 2. The molecule has 0 aliphatic carbocycles. The molecule has 0 saturated carbocycles. The fraction of sp³-hybridized carbons (Fsp3) is 0.192. The zero-order chi connectivity index (χ0) is 25.5. The number of anilines is 2. The first kappa shape index (κ1) is 24.4. The zero-order valence-corrected chi connectivity index (χ0v) is 19.9. The molecule has 36 heavy (non-hydrogen) atoms. The van der Waals surface area contributed by atoms with Crippen molar-refractivity contribution in [3.8, 4) is 5.75 Å². The van der Waals surface area contributed by atoms with Crippen LogP contribution in [0.2, 0.25) is 0 Å². The maximum Gasteiger partial charge on any atom is 0.338 e. The van der Waals surface area contributed by atoms with Crippen LogP contribution in [0.5, 0.6) is 5.75 Å². The van der Waals surface area contributed by atoms with Crippen molar-refractivity contribution in [2.24, 2.45) is 0 Å². The highest BCUT2D eigenvalue weighted by Gasteiger charge is 2.14. The second-order valence-corrected chi connectivity index (χ2v) is 7.72. The monoisotopic (exact) mass is 487 g/mol. The number of esters is 1. The first-order valence-corrected chi connectivity index (χ1v) is 11.4. The van der Waals surface area contributed by atoms with Gasteiger partial charge in [-0.15, -0.1) is 5.10 Å². The quantitative estimate of drug-likeness (QED) is 0.343. The molecular formula is C26H25N5O5. The molecule has 4 rings (SSSR count). The van der Waals surface area contributed by atoms with E-state index in [2.05, 4.69) is 20.9 Å². The number of fused-ring (bicyclic) bond motifs is 1. The van der Waals surface area contributed by atoms with Crippen LogP contribution >= 0.6 is 0 Å². The molecule has 0 radical (unpaired) electrons. The summed E-state index contributed by atoms with van der Waals surface area (Å²) >= 11 is 0. The predicted molar refractivity (Wildman–Crippen MR) is 134 cm³/mol. The number of carbonyl (C=O) groups is 3. The number of rotatable bonds is 9. The number of aromatic nitrogens is 3. The van der Waals surface area contributed by atoms with Gasteiger partial charge in [0.1, 0.15) is 11.3 Å². The summed E-state index contributed by atoms with van der Waals surface area (Å²) in [5, 5.41) is 13.5. The van der Waals surface area contributed by atoms with Crippen LogP contribution in [0.25, 0.3) is 11.0 Å². The number of hydrogen-bond acceptors (Lipinski definition) is 7. The van der Waals surface area contributed by atoms with Gasteiger partial charge in [-0.25, -0.2) is 9.48 Å². The fourth-order valence-electron chi connectivity index (χ4n) is 3.45. The average Bonchev–Trinajstić information content (AvgIpc) is 3.31. The number of carbonyl (C=O) groups excluding carboxylic acids is 3. The third-order valence-corrected chi connectivity index (χ3v) is 5.24. The van der Waals surface area contributed by atoms with Crippen LogP contribution < -0.4 is 15.4 Å². The van der Waals surface area contributed by atoms with Gasteiger partial charge in [0.2, 0.25) is 0 Å². The third-order valence-electron chi connectivity index (χ3n) is 5.24. The summed E-state index contributed by atoms with van der Waals surface area (Å²) in [5.74, 6) is -0.711. The predicted octanol–water partition coefficient (Wildman–Crippen LogP) is 3.90. The van der Waals surface area contributed by atoms with Crippen molar-refractivity contribution in [3.05, 3.63) is 77.9 Å². The van der Waals surface area contributed by atoms with Gasteiger partial charge in [-0.3, -0.25) is 9.59 Å². The lowest BCUT2D eigenvalue weighted by Gasteiger charge is -2.09. The van der Waals surface area contributed by atoms with E-state index < -0.39 is 18.5 Å². The summed E-state index contributed by atoms with van der Waals surface area (Å²) in [5.41, 5.74) is 3.18. The van der Waals surface area contributed by atoms with Crippen molar-refractivity contribution < 1.29 is 23.9 Å². The van der Waals surface area contributed by atoms with Gasteiger partial charge in [-0.1, -0.05) is 5.21 Å². The maximum absolute atomic E-state index is 12.5. The van der Waals surface area contributed by atoms with E-state index in [0.717, 1.165) is 11.3 Å². The molecule has 184 valence electrons. The van der Waals surface area contributed by atoms with Gasteiger partial charge >= 0.3 is 5.97 Å². The Kier molecular flexibility index (Phi) is 7.54. The second kappa shape index (κ2) is 11.1. The van der Waals surface area contributed by atoms with E-state index in [1.165, 1.54) is 0 Å². The van der Waals surface area contributed by atoms with Crippen molar-refractivity contribution in [1.82, 2.24) is 15.0 Å². The molecular weight excluding hydrogens is 462 g/mol. The minimum absolute atomic E-state index is 0.279. The molecule has 2 N–H and O–H groups in total. The Morgan fingerprint density at radius 2 is 1.53 bits per heavy atom. The SMILES string of the molecule is CCOc1ccc(NC(=O)c2ccc(NC(=O)COC(=O)c3ccc4c(c3)nnn4CC)cc2)cc1. The normalized spacial score (nSPS) is 10.6. The van der Waals surface area contributed by atoms with Crippen LogP contribution in [0.3, 0.4) is 0 Å². The van der Waals surface area contributed by atoms with Gasteiger partial charge in [0.25, 0.3) is 11.8 Å². The molecule has 0 saturated heterocycles. The number of benzene rings is 3.